The number of ether oxygens (including phenoxy) is 1. The number of hydrogen-bond acceptors (Lipinski definition) is 7. The van der Waals surface area contributed by atoms with Crippen LogP contribution in [0.2, 0.25) is 0 Å². The van der Waals surface area contributed by atoms with Crippen LogP contribution in [0.3, 0.4) is 0 Å². The first-order valence-electron chi connectivity index (χ1n) is 11.5. The second kappa shape index (κ2) is 11.1. The molecule has 166 valence electrons. The van der Waals surface area contributed by atoms with E-state index in [0.717, 1.165) is 77.2 Å². The average molecular weight is 434 g/mol. The largest absolute Gasteiger partial charge is 0.379 e. The number of rotatable bonds is 6. The van der Waals surface area contributed by atoms with Gasteiger partial charge in [-0.15, -0.1) is 0 Å². The number of hydrogen-bond donors (Lipinski definition) is 2. The summed E-state index contributed by atoms with van der Waals surface area (Å²) in [5, 5.41) is 7.13. The monoisotopic (exact) mass is 433 g/mol. The highest BCUT2D eigenvalue weighted by atomic mass is 32.1. The van der Waals surface area contributed by atoms with Crippen molar-refractivity contribution in [2.75, 3.05) is 80.7 Å². The van der Waals surface area contributed by atoms with Crippen LogP contribution in [0.15, 0.2) is 6.07 Å². The van der Waals surface area contributed by atoms with Crippen LogP contribution in [-0.4, -0.2) is 85.6 Å². The lowest BCUT2D eigenvalue weighted by atomic mass is 10.2. The highest BCUT2D eigenvalue weighted by Crippen LogP contribution is 2.26. The van der Waals surface area contributed by atoms with Gasteiger partial charge in [-0.1, -0.05) is 12.8 Å². The molecule has 4 heterocycles. The quantitative estimate of drug-likeness (QED) is 0.656. The maximum absolute atomic E-state index is 5.53. The van der Waals surface area contributed by atoms with Gasteiger partial charge in [0.05, 0.1) is 13.2 Å². The summed E-state index contributed by atoms with van der Waals surface area (Å²) in [6.07, 6.45) is 7.53. The molecule has 0 spiro atoms. The normalized spacial score (nSPS) is 20.8. The number of thiocarbonyl (C=S) groups is 1. The van der Waals surface area contributed by atoms with Crippen molar-refractivity contribution in [3.63, 3.8) is 0 Å². The van der Waals surface area contributed by atoms with Crippen molar-refractivity contribution in [3.05, 3.63) is 6.07 Å². The van der Waals surface area contributed by atoms with E-state index in [1.54, 1.807) is 0 Å². The van der Waals surface area contributed by atoms with Crippen LogP contribution in [0.1, 0.15) is 38.5 Å². The van der Waals surface area contributed by atoms with Gasteiger partial charge >= 0.3 is 0 Å². The molecule has 3 aliphatic rings. The first kappa shape index (κ1) is 21.5. The standard InChI is InChI=1S/C21H35N7OS/c30-21(22-7-12-26-13-15-29-16-14-26)25-20-23-18(27-8-3-1-2-4-9-27)17-19(24-20)28-10-5-6-11-28/h17H,1-16H2,(H2,22,23,24,25,30). The predicted octanol–water partition coefficient (Wildman–Crippen LogP) is 2.08. The third kappa shape index (κ3) is 6.15. The second-order valence-corrected chi connectivity index (χ2v) is 8.75. The molecular weight excluding hydrogens is 398 g/mol. The van der Waals surface area contributed by atoms with E-state index in [-0.39, 0.29) is 0 Å². The Kier molecular flexibility index (Phi) is 7.94. The molecule has 2 N–H and O–H groups in total. The van der Waals surface area contributed by atoms with Crippen molar-refractivity contribution >= 4 is 34.9 Å². The molecule has 8 nitrogen and oxygen atoms in total. The minimum absolute atomic E-state index is 0.587. The summed E-state index contributed by atoms with van der Waals surface area (Å²) in [7, 11) is 0. The van der Waals surface area contributed by atoms with Crippen molar-refractivity contribution in [1.29, 1.82) is 0 Å². The van der Waals surface area contributed by atoms with Gasteiger partial charge in [-0.2, -0.15) is 9.97 Å². The van der Waals surface area contributed by atoms with Crippen LogP contribution >= 0.6 is 12.2 Å². The Labute approximate surface area is 185 Å². The van der Waals surface area contributed by atoms with Gasteiger partial charge in [0, 0.05) is 58.4 Å². The maximum Gasteiger partial charge on any atom is 0.232 e. The molecule has 0 unspecified atom stereocenters. The highest BCUT2D eigenvalue weighted by molar-refractivity contribution is 7.80. The van der Waals surface area contributed by atoms with Crippen molar-refractivity contribution in [1.82, 2.24) is 20.2 Å². The summed E-state index contributed by atoms with van der Waals surface area (Å²) in [6, 6.07) is 2.16. The summed E-state index contributed by atoms with van der Waals surface area (Å²) >= 11 is 5.53. The van der Waals surface area contributed by atoms with E-state index >= 15 is 0 Å². The number of anilines is 3. The van der Waals surface area contributed by atoms with Gasteiger partial charge in [0.1, 0.15) is 11.6 Å². The van der Waals surface area contributed by atoms with E-state index in [2.05, 4.69) is 31.4 Å². The lowest BCUT2D eigenvalue weighted by molar-refractivity contribution is 0.0389. The Morgan fingerprint density at radius 3 is 2.03 bits per heavy atom. The summed E-state index contributed by atoms with van der Waals surface area (Å²) < 4.78 is 5.40. The van der Waals surface area contributed by atoms with Crippen molar-refractivity contribution in [2.24, 2.45) is 0 Å². The molecule has 4 rings (SSSR count). The fourth-order valence-corrected chi connectivity index (χ4v) is 4.54. The molecule has 0 radical (unpaired) electrons. The second-order valence-electron chi connectivity index (χ2n) is 8.34. The van der Waals surface area contributed by atoms with Gasteiger partial charge in [0.2, 0.25) is 5.95 Å². The molecule has 9 heteroatoms. The third-order valence-corrected chi connectivity index (χ3v) is 6.35. The zero-order valence-corrected chi connectivity index (χ0v) is 18.8. The van der Waals surface area contributed by atoms with Gasteiger partial charge in [-0.05, 0) is 37.9 Å². The predicted molar refractivity (Wildman–Crippen MR) is 126 cm³/mol. The average Bonchev–Trinajstić information content (AvgIpc) is 3.17. The van der Waals surface area contributed by atoms with Crippen LogP contribution in [-0.2, 0) is 4.74 Å². The molecule has 1 aromatic rings. The molecule has 0 bridgehead atoms. The number of aromatic nitrogens is 2. The lowest BCUT2D eigenvalue weighted by Crippen LogP contribution is -2.42. The molecule has 0 amide bonds. The van der Waals surface area contributed by atoms with Gasteiger partial charge < -0.3 is 25.2 Å². The molecule has 0 atom stereocenters. The van der Waals surface area contributed by atoms with Crippen molar-refractivity contribution in [3.8, 4) is 0 Å². The van der Waals surface area contributed by atoms with Crippen molar-refractivity contribution in [2.45, 2.75) is 38.5 Å². The van der Waals surface area contributed by atoms with Crippen LogP contribution in [0.5, 0.6) is 0 Å². The van der Waals surface area contributed by atoms with E-state index in [9.17, 15) is 0 Å². The Morgan fingerprint density at radius 2 is 1.43 bits per heavy atom. The van der Waals surface area contributed by atoms with Crippen LogP contribution in [0, 0.1) is 0 Å². The molecule has 0 saturated carbocycles. The summed E-state index contributed by atoms with van der Waals surface area (Å²) in [4.78, 5) is 16.8. The summed E-state index contributed by atoms with van der Waals surface area (Å²) in [5.41, 5.74) is 0. The van der Waals surface area contributed by atoms with E-state index < -0.39 is 0 Å². The van der Waals surface area contributed by atoms with Gasteiger partial charge in [0.25, 0.3) is 0 Å². The molecule has 30 heavy (non-hydrogen) atoms. The number of nitrogens with one attached hydrogen (secondary N) is 2. The third-order valence-electron chi connectivity index (χ3n) is 6.10. The Balaban J connectivity index is 1.39. The molecule has 3 saturated heterocycles. The molecule has 0 aromatic carbocycles. The highest BCUT2D eigenvalue weighted by Gasteiger charge is 2.19. The Bertz CT molecular complexity index is 684. The van der Waals surface area contributed by atoms with E-state index in [0.29, 0.717) is 11.1 Å². The first-order valence-corrected chi connectivity index (χ1v) is 11.9. The van der Waals surface area contributed by atoms with E-state index in [4.69, 9.17) is 26.9 Å². The first-order chi connectivity index (χ1) is 14.8. The summed E-state index contributed by atoms with van der Waals surface area (Å²) in [5.74, 6) is 2.63. The summed E-state index contributed by atoms with van der Waals surface area (Å²) in [6.45, 7) is 9.64. The van der Waals surface area contributed by atoms with Crippen LogP contribution < -0.4 is 20.4 Å². The zero-order chi connectivity index (χ0) is 20.6. The molecular formula is C21H35N7OS. The number of nitrogens with zero attached hydrogens (tertiary/aromatic N) is 5. The molecule has 3 fully saturated rings. The van der Waals surface area contributed by atoms with Gasteiger partial charge in [-0.25, -0.2) is 0 Å². The topological polar surface area (TPSA) is 68.8 Å². The molecule has 0 aliphatic carbocycles. The van der Waals surface area contributed by atoms with Crippen LogP contribution in [0.4, 0.5) is 17.6 Å². The fourth-order valence-electron chi connectivity index (χ4n) is 4.35. The number of morpholine rings is 1. The Hall–Kier alpha value is -1.71. The minimum Gasteiger partial charge on any atom is -0.379 e. The maximum atomic E-state index is 5.53. The molecule has 1 aromatic heterocycles. The smallest absolute Gasteiger partial charge is 0.232 e. The van der Waals surface area contributed by atoms with Crippen LogP contribution in [0.25, 0.3) is 0 Å². The van der Waals surface area contributed by atoms with E-state index in [1.165, 1.54) is 38.5 Å². The lowest BCUT2D eigenvalue weighted by Gasteiger charge is -2.27. The van der Waals surface area contributed by atoms with Crippen molar-refractivity contribution < 1.29 is 4.74 Å². The Morgan fingerprint density at radius 1 is 0.867 bits per heavy atom. The fraction of sp³-hybridized carbons (Fsp3) is 0.762. The SMILES string of the molecule is S=C(NCCN1CCOCC1)Nc1nc(N2CCCCCC2)cc(N2CCCC2)n1. The zero-order valence-electron chi connectivity index (χ0n) is 17.9. The minimum atomic E-state index is 0.587. The van der Waals surface area contributed by atoms with Gasteiger partial charge in [-0.3, -0.25) is 4.90 Å². The van der Waals surface area contributed by atoms with E-state index in [1.807, 2.05) is 0 Å². The van der Waals surface area contributed by atoms with Gasteiger partial charge in [0.15, 0.2) is 5.11 Å². The molecule has 3 aliphatic heterocycles.